The van der Waals surface area contributed by atoms with Gasteiger partial charge in [-0.05, 0) is 36.2 Å². The first-order valence-corrected chi connectivity index (χ1v) is 7.47. The van der Waals surface area contributed by atoms with Crippen LogP contribution in [-0.4, -0.2) is 31.0 Å². The number of fused-ring (bicyclic) bond motifs is 1. The van der Waals surface area contributed by atoms with Gasteiger partial charge in [-0.15, -0.1) is 0 Å². The van der Waals surface area contributed by atoms with E-state index in [1.807, 2.05) is 18.2 Å². The van der Waals surface area contributed by atoms with Gasteiger partial charge in [0, 0.05) is 17.5 Å². The SMILES string of the molecule is COc1ccc2c(c1)OCC(Cc1ccc(OC)c(O)c1)C2O. The maximum Gasteiger partial charge on any atom is 0.160 e. The molecule has 3 rings (SSSR count). The van der Waals surface area contributed by atoms with E-state index in [0.717, 1.165) is 11.1 Å². The molecule has 0 spiro atoms. The van der Waals surface area contributed by atoms with Crippen LogP contribution in [0.3, 0.4) is 0 Å². The first-order chi connectivity index (χ1) is 11.1. The predicted molar refractivity (Wildman–Crippen MR) is 85.3 cm³/mol. The molecule has 1 aliphatic rings. The van der Waals surface area contributed by atoms with Gasteiger partial charge in [0.2, 0.25) is 0 Å². The molecule has 0 fully saturated rings. The summed E-state index contributed by atoms with van der Waals surface area (Å²) in [6, 6.07) is 10.7. The average molecular weight is 316 g/mol. The minimum absolute atomic E-state index is 0.0799. The monoisotopic (exact) mass is 316 g/mol. The summed E-state index contributed by atoms with van der Waals surface area (Å²) in [7, 11) is 3.11. The van der Waals surface area contributed by atoms with Crippen molar-refractivity contribution in [2.24, 2.45) is 5.92 Å². The zero-order valence-electron chi connectivity index (χ0n) is 13.2. The smallest absolute Gasteiger partial charge is 0.160 e. The van der Waals surface area contributed by atoms with E-state index in [1.54, 1.807) is 25.3 Å². The van der Waals surface area contributed by atoms with Crippen LogP contribution in [0.15, 0.2) is 36.4 Å². The molecule has 0 saturated heterocycles. The summed E-state index contributed by atoms with van der Waals surface area (Å²) in [6.45, 7) is 0.411. The Hall–Kier alpha value is -2.40. The molecule has 2 unspecified atom stereocenters. The van der Waals surface area contributed by atoms with Crippen molar-refractivity contribution in [3.05, 3.63) is 47.5 Å². The number of hydrogen-bond acceptors (Lipinski definition) is 5. The summed E-state index contributed by atoms with van der Waals surface area (Å²) in [5, 5.41) is 20.5. The van der Waals surface area contributed by atoms with Crippen LogP contribution in [-0.2, 0) is 6.42 Å². The highest BCUT2D eigenvalue weighted by atomic mass is 16.5. The fraction of sp³-hybridized carbons (Fsp3) is 0.333. The standard InChI is InChI=1S/C18H20O5/c1-21-13-4-5-14-17(9-13)23-10-12(18(14)20)7-11-3-6-16(22-2)15(19)8-11/h3-6,8-9,12,18-20H,7,10H2,1-2H3. The number of aliphatic hydroxyl groups is 1. The molecule has 1 heterocycles. The third kappa shape index (κ3) is 3.05. The Morgan fingerprint density at radius 1 is 1.13 bits per heavy atom. The van der Waals surface area contributed by atoms with Gasteiger partial charge in [-0.1, -0.05) is 6.07 Å². The van der Waals surface area contributed by atoms with E-state index in [0.29, 0.717) is 30.3 Å². The Morgan fingerprint density at radius 3 is 2.65 bits per heavy atom. The zero-order chi connectivity index (χ0) is 16.4. The Bertz CT molecular complexity index is 698. The van der Waals surface area contributed by atoms with Gasteiger partial charge >= 0.3 is 0 Å². The number of rotatable bonds is 4. The largest absolute Gasteiger partial charge is 0.504 e. The van der Waals surface area contributed by atoms with Crippen molar-refractivity contribution in [1.82, 2.24) is 0 Å². The molecule has 2 N–H and O–H groups in total. The van der Waals surface area contributed by atoms with E-state index in [1.165, 1.54) is 7.11 Å². The quantitative estimate of drug-likeness (QED) is 0.908. The average Bonchev–Trinajstić information content (AvgIpc) is 2.57. The maximum atomic E-state index is 10.6. The summed E-state index contributed by atoms with van der Waals surface area (Å²) in [4.78, 5) is 0. The number of aromatic hydroxyl groups is 1. The van der Waals surface area contributed by atoms with Crippen LogP contribution < -0.4 is 14.2 Å². The van der Waals surface area contributed by atoms with Crippen molar-refractivity contribution in [3.8, 4) is 23.0 Å². The molecule has 122 valence electrons. The van der Waals surface area contributed by atoms with Crippen molar-refractivity contribution in [3.63, 3.8) is 0 Å². The van der Waals surface area contributed by atoms with Gasteiger partial charge in [0.15, 0.2) is 11.5 Å². The Morgan fingerprint density at radius 2 is 1.96 bits per heavy atom. The molecule has 1 aliphatic heterocycles. The van der Waals surface area contributed by atoms with Crippen LogP contribution in [0, 0.1) is 5.92 Å². The van der Waals surface area contributed by atoms with Gasteiger partial charge in [0.1, 0.15) is 11.5 Å². The second kappa shape index (κ2) is 6.38. The maximum absolute atomic E-state index is 10.6. The van der Waals surface area contributed by atoms with Crippen LogP contribution in [0.5, 0.6) is 23.0 Å². The van der Waals surface area contributed by atoms with Crippen LogP contribution in [0.2, 0.25) is 0 Å². The van der Waals surface area contributed by atoms with E-state index in [-0.39, 0.29) is 11.7 Å². The van der Waals surface area contributed by atoms with Gasteiger partial charge in [0.05, 0.1) is 26.9 Å². The van der Waals surface area contributed by atoms with Crippen LogP contribution in [0.25, 0.3) is 0 Å². The topological polar surface area (TPSA) is 68.2 Å². The number of phenols is 1. The highest BCUT2D eigenvalue weighted by Gasteiger charge is 2.30. The van der Waals surface area contributed by atoms with Crippen molar-refractivity contribution >= 4 is 0 Å². The van der Waals surface area contributed by atoms with Gasteiger partial charge in [0.25, 0.3) is 0 Å². The molecule has 5 nitrogen and oxygen atoms in total. The number of ether oxygens (including phenoxy) is 3. The third-order valence-electron chi connectivity index (χ3n) is 4.18. The fourth-order valence-electron chi connectivity index (χ4n) is 2.89. The Balaban J connectivity index is 1.78. The first kappa shape index (κ1) is 15.5. The first-order valence-electron chi connectivity index (χ1n) is 7.47. The molecular formula is C18H20O5. The van der Waals surface area contributed by atoms with Crippen molar-refractivity contribution in [1.29, 1.82) is 0 Å². The molecule has 0 saturated carbocycles. The number of aliphatic hydroxyl groups excluding tert-OH is 1. The molecule has 5 heteroatoms. The van der Waals surface area contributed by atoms with Crippen LogP contribution in [0.4, 0.5) is 0 Å². The molecule has 2 aromatic carbocycles. The molecule has 2 aromatic rings. The summed E-state index contributed by atoms with van der Waals surface area (Å²) < 4.78 is 16.0. The van der Waals surface area contributed by atoms with Crippen molar-refractivity contribution in [2.75, 3.05) is 20.8 Å². The zero-order valence-corrected chi connectivity index (χ0v) is 13.2. The molecule has 0 amide bonds. The van der Waals surface area contributed by atoms with Crippen LogP contribution >= 0.6 is 0 Å². The van der Waals surface area contributed by atoms with Crippen molar-refractivity contribution in [2.45, 2.75) is 12.5 Å². The minimum Gasteiger partial charge on any atom is -0.504 e. The lowest BCUT2D eigenvalue weighted by atomic mass is 9.88. The fourth-order valence-corrected chi connectivity index (χ4v) is 2.89. The highest BCUT2D eigenvalue weighted by Crippen LogP contribution is 2.39. The normalized spacial score (nSPS) is 19.6. The Kier molecular flexibility index (Phi) is 4.30. The lowest BCUT2D eigenvalue weighted by Gasteiger charge is -2.30. The number of benzene rings is 2. The lowest BCUT2D eigenvalue weighted by Crippen LogP contribution is -2.27. The predicted octanol–water partition coefficient (Wildman–Crippen LogP) is 2.69. The summed E-state index contributed by atoms with van der Waals surface area (Å²) >= 11 is 0. The number of phenolic OH excluding ortho intramolecular Hbond substituents is 1. The second-order valence-electron chi connectivity index (χ2n) is 5.63. The van der Waals surface area contributed by atoms with Gasteiger partial charge in [-0.3, -0.25) is 0 Å². The molecular weight excluding hydrogens is 296 g/mol. The summed E-state index contributed by atoms with van der Waals surface area (Å²) in [6.07, 6.45) is -0.0154. The van der Waals surface area contributed by atoms with Gasteiger partial charge in [-0.2, -0.15) is 0 Å². The highest BCUT2D eigenvalue weighted by molar-refractivity contribution is 5.44. The van der Waals surface area contributed by atoms with E-state index in [2.05, 4.69) is 0 Å². The molecule has 0 radical (unpaired) electrons. The molecule has 0 bridgehead atoms. The van der Waals surface area contributed by atoms with E-state index in [9.17, 15) is 10.2 Å². The third-order valence-corrected chi connectivity index (χ3v) is 4.18. The molecule has 2 atom stereocenters. The molecule has 0 aliphatic carbocycles. The van der Waals surface area contributed by atoms with E-state index in [4.69, 9.17) is 14.2 Å². The van der Waals surface area contributed by atoms with Crippen molar-refractivity contribution < 1.29 is 24.4 Å². The van der Waals surface area contributed by atoms with E-state index >= 15 is 0 Å². The van der Waals surface area contributed by atoms with Gasteiger partial charge in [-0.25, -0.2) is 0 Å². The molecule has 0 aromatic heterocycles. The number of hydrogen-bond donors (Lipinski definition) is 2. The molecule has 23 heavy (non-hydrogen) atoms. The summed E-state index contributed by atoms with van der Waals surface area (Å²) in [5.41, 5.74) is 1.69. The number of methoxy groups -OCH3 is 2. The minimum atomic E-state index is -0.617. The lowest BCUT2D eigenvalue weighted by molar-refractivity contribution is 0.0506. The summed E-state index contributed by atoms with van der Waals surface area (Å²) in [5.74, 6) is 1.82. The second-order valence-corrected chi connectivity index (χ2v) is 5.63. The van der Waals surface area contributed by atoms with Gasteiger partial charge < -0.3 is 24.4 Å². The van der Waals surface area contributed by atoms with Crippen LogP contribution in [0.1, 0.15) is 17.2 Å². The Labute approximate surface area is 135 Å². The van der Waals surface area contributed by atoms with E-state index < -0.39 is 6.10 Å².